The molecule has 0 saturated carbocycles. The van der Waals surface area contributed by atoms with Crippen LogP contribution in [-0.4, -0.2) is 43.1 Å². The normalized spacial score (nSPS) is 19.4. The summed E-state index contributed by atoms with van der Waals surface area (Å²) in [6.07, 6.45) is 8.46. The average Bonchev–Trinajstić information content (AvgIpc) is 2.82. The summed E-state index contributed by atoms with van der Waals surface area (Å²) in [5.74, 6) is -1.17. The smallest absolute Gasteiger partial charge is 0.348 e. The number of hydrogen-bond acceptors (Lipinski definition) is 6. The number of aryl methyl sites for hydroxylation is 1. The molecule has 3 rings (SSSR count). The predicted octanol–water partition coefficient (Wildman–Crippen LogP) is 3.97. The van der Waals surface area contributed by atoms with Crippen LogP contribution in [0.25, 0.3) is 6.08 Å². The molecular formula is C25H27NO6S. The van der Waals surface area contributed by atoms with Crippen molar-refractivity contribution in [3.05, 3.63) is 106 Å². The van der Waals surface area contributed by atoms with E-state index in [9.17, 15) is 23.6 Å². The molecule has 0 aromatic heterocycles. The molecule has 1 aliphatic rings. The average molecular weight is 470 g/mol. The Hall–Kier alpha value is -3.07. The monoisotopic (exact) mass is 469 g/mol. The van der Waals surface area contributed by atoms with Gasteiger partial charge in [-0.2, -0.15) is 0 Å². The van der Waals surface area contributed by atoms with Crippen molar-refractivity contribution < 1.29 is 23.2 Å². The third-order valence-electron chi connectivity index (χ3n) is 5.41. The highest BCUT2D eigenvalue weighted by atomic mass is 32.2. The first-order valence-electron chi connectivity index (χ1n) is 10.6. The van der Waals surface area contributed by atoms with Crippen LogP contribution >= 0.6 is 0 Å². The number of sulfone groups is 1. The highest BCUT2D eigenvalue weighted by molar-refractivity contribution is 7.91. The number of aliphatic hydroxyl groups excluding tert-OH is 1. The number of aliphatic hydroxyl groups is 1. The second-order valence-corrected chi connectivity index (χ2v) is 10.1. The molecule has 0 heterocycles. The summed E-state index contributed by atoms with van der Waals surface area (Å²) in [5, 5.41) is 21.5. The van der Waals surface area contributed by atoms with Crippen LogP contribution in [0.15, 0.2) is 89.4 Å². The van der Waals surface area contributed by atoms with E-state index in [1.54, 1.807) is 24.3 Å². The summed E-state index contributed by atoms with van der Waals surface area (Å²) in [5.41, 5.74) is 0.944. The van der Waals surface area contributed by atoms with Crippen molar-refractivity contribution in [2.24, 2.45) is 5.92 Å². The Morgan fingerprint density at radius 1 is 1.15 bits per heavy atom. The fourth-order valence-electron chi connectivity index (χ4n) is 3.37. The minimum Gasteiger partial charge on any atom is -0.396 e. The van der Waals surface area contributed by atoms with E-state index in [1.807, 2.05) is 49.4 Å². The summed E-state index contributed by atoms with van der Waals surface area (Å²) in [4.78, 5) is 11.4. The summed E-state index contributed by atoms with van der Waals surface area (Å²) < 4.78 is 31.0. The molecule has 1 N–H and O–H groups in total. The molecule has 0 aliphatic heterocycles. The molecule has 0 bridgehead atoms. The Labute approximate surface area is 193 Å². The fourth-order valence-corrected chi connectivity index (χ4v) is 4.94. The SMILES string of the molecule is Cc1ccc(S(=O)(=O)CC(CO)COC2([N+](=O)[O-])C=CC(C=Cc3ccccc3)=CC2)cc1. The number of nitrogens with zero attached hydrogens (tertiary/aromatic N) is 1. The molecule has 2 aromatic rings. The van der Waals surface area contributed by atoms with Crippen LogP contribution in [-0.2, 0) is 14.6 Å². The molecule has 8 heteroatoms. The summed E-state index contributed by atoms with van der Waals surface area (Å²) in [7, 11) is -3.67. The third-order valence-corrected chi connectivity index (χ3v) is 7.31. The van der Waals surface area contributed by atoms with Crippen LogP contribution in [0.2, 0.25) is 0 Å². The van der Waals surface area contributed by atoms with Crippen LogP contribution in [0.5, 0.6) is 0 Å². The van der Waals surface area contributed by atoms with Gasteiger partial charge >= 0.3 is 5.72 Å². The Morgan fingerprint density at radius 2 is 1.85 bits per heavy atom. The molecule has 0 radical (unpaired) electrons. The third kappa shape index (κ3) is 6.47. The van der Waals surface area contributed by atoms with Gasteiger partial charge in [0.1, 0.15) is 0 Å². The van der Waals surface area contributed by atoms with Crippen LogP contribution in [0.3, 0.4) is 0 Å². The van der Waals surface area contributed by atoms with Crippen LogP contribution < -0.4 is 0 Å². The van der Waals surface area contributed by atoms with Gasteiger partial charge in [0.25, 0.3) is 0 Å². The lowest BCUT2D eigenvalue weighted by Gasteiger charge is -2.25. The van der Waals surface area contributed by atoms with Crippen molar-refractivity contribution in [1.29, 1.82) is 0 Å². The molecule has 2 atom stereocenters. The van der Waals surface area contributed by atoms with Gasteiger partial charge in [-0.05, 0) is 36.3 Å². The van der Waals surface area contributed by atoms with E-state index in [0.717, 1.165) is 16.7 Å². The number of nitro groups is 1. The van der Waals surface area contributed by atoms with Gasteiger partial charge in [0.15, 0.2) is 9.84 Å². The van der Waals surface area contributed by atoms with Crippen LogP contribution in [0, 0.1) is 23.0 Å². The predicted molar refractivity (Wildman–Crippen MR) is 127 cm³/mol. The highest BCUT2D eigenvalue weighted by Gasteiger charge is 2.42. The second-order valence-electron chi connectivity index (χ2n) is 8.04. The van der Waals surface area contributed by atoms with E-state index in [-0.39, 0.29) is 23.7 Å². The van der Waals surface area contributed by atoms with Crippen molar-refractivity contribution in [1.82, 2.24) is 0 Å². The van der Waals surface area contributed by atoms with Crippen molar-refractivity contribution >= 4 is 15.9 Å². The molecule has 0 amide bonds. The highest BCUT2D eigenvalue weighted by Crippen LogP contribution is 2.28. The maximum absolute atomic E-state index is 12.7. The van der Waals surface area contributed by atoms with Gasteiger partial charge < -0.3 is 9.84 Å². The first-order chi connectivity index (χ1) is 15.7. The molecule has 2 aromatic carbocycles. The Kier molecular flexibility index (Phi) is 7.97. The Balaban J connectivity index is 1.65. The number of hydrogen-bond donors (Lipinski definition) is 1. The summed E-state index contributed by atoms with van der Waals surface area (Å²) in [6, 6.07) is 16.1. The Morgan fingerprint density at radius 3 is 2.42 bits per heavy atom. The summed E-state index contributed by atoms with van der Waals surface area (Å²) in [6.45, 7) is 1.12. The molecule has 174 valence electrons. The van der Waals surface area contributed by atoms with E-state index in [1.165, 1.54) is 18.2 Å². The van der Waals surface area contributed by atoms with Crippen LogP contribution in [0.1, 0.15) is 17.5 Å². The molecule has 1 aliphatic carbocycles. The van der Waals surface area contributed by atoms with Crippen molar-refractivity contribution in [3.8, 4) is 0 Å². The lowest BCUT2D eigenvalue weighted by molar-refractivity contribution is -0.613. The lowest BCUT2D eigenvalue weighted by atomic mass is 9.99. The first-order valence-corrected chi connectivity index (χ1v) is 12.2. The topological polar surface area (TPSA) is 107 Å². The van der Waals surface area contributed by atoms with Gasteiger partial charge in [-0.25, -0.2) is 8.42 Å². The maximum Gasteiger partial charge on any atom is 0.348 e. The van der Waals surface area contributed by atoms with Gasteiger partial charge in [0.2, 0.25) is 0 Å². The zero-order valence-electron chi connectivity index (χ0n) is 18.3. The molecule has 33 heavy (non-hydrogen) atoms. The van der Waals surface area contributed by atoms with E-state index < -0.39 is 33.0 Å². The Bertz CT molecular complexity index is 1150. The molecule has 0 saturated heterocycles. The zero-order chi connectivity index (χ0) is 23.9. The van der Waals surface area contributed by atoms with Crippen molar-refractivity contribution in [2.75, 3.05) is 19.0 Å². The van der Waals surface area contributed by atoms with Crippen LogP contribution in [0.4, 0.5) is 0 Å². The molecule has 2 unspecified atom stereocenters. The molecular weight excluding hydrogens is 442 g/mol. The van der Waals surface area contributed by atoms with E-state index in [4.69, 9.17) is 4.74 Å². The first kappa shape index (κ1) is 24.6. The van der Waals surface area contributed by atoms with Gasteiger partial charge in [-0.3, -0.25) is 10.1 Å². The quantitative estimate of drug-likeness (QED) is 0.321. The number of ether oxygens (including phenoxy) is 1. The minimum atomic E-state index is -3.67. The lowest BCUT2D eigenvalue weighted by Crippen LogP contribution is -2.42. The summed E-state index contributed by atoms with van der Waals surface area (Å²) >= 11 is 0. The minimum absolute atomic E-state index is 0.00613. The maximum atomic E-state index is 12.7. The van der Waals surface area contributed by atoms with Crippen molar-refractivity contribution in [2.45, 2.75) is 24.0 Å². The van der Waals surface area contributed by atoms with Gasteiger partial charge in [0, 0.05) is 18.6 Å². The van der Waals surface area contributed by atoms with E-state index >= 15 is 0 Å². The molecule has 0 fully saturated rings. The fraction of sp³-hybridized carbons (Fsp3) is 0.280. The zero-order valence-corrected chi connectivity index (χ0v) is 19.1. The van der Waals surface area contributed by atoms with Gasteiger partial charge in [-0.15, -0.1) is 0 Å². The second kappa shape index (κ2) is 10.7. The number of rotatable bonds is 10. The van der Waals surface area contributed by atoms with E-state index in [2.05, 4.69) is 0 Å². The molecule has 7 nitrogen and oxygen atoms in total. The standard InChI is InChI=1S/C25H27NO6S/c1-20-7-11-24(12-8-20)33(30,31)19-23(17-27)18-32-25(26(28)29)15-13-22(14-16-25)10-9-21-5-3-2-4-6-21/h2-15,23,27H,16-19H2,1H3. The van der Waals surface area contributed by atoms with Gasteiger partial charge in [-0.1, -0.05) is 66.3 Å². The van der Waals surface area contributed by atoms with Crippen molar-refractivity contribution in [3.63, 3.8) is 0 Å². The van der Waals surface area contributed by atoms with E-state index in [0.29, 0.717) is 0 Å². The number of benzene rings is 2. The largest absolute Gasteiger partial charge is 0.396 e. The number of allylic oxidation sites excluding steroid dienone is 3. The molecule has 0 spiro atoms. The van der Waals surface area contributed by atoms with Gasteiger partial charge in [0.05, 0.1) is 28.6 Å².